The molecule has 2 N–H and O–H groups in total. The van der Waals surface area contributed by atoms with E-state index < -0.39 is 0 Å². The molecule has 0 spiro atoms. The molecule has 0 heterocycles. The van der Waals surface area contributed by atoms with Crippen molar-refractivity contribution in [3.63, 3.8) is 0 Å². The Balaban J connectivity index is 1.39. The van der Waals surface area contributed by atoms with Crippen LogP contribution in [-0.4, -0.2) is 49.3 Å². The van der Waals surface area contributed by atoms with E-state index in [2.05, 4.69) is 42.5 Å². The van der Waals surface area contributed by atoms with Gasteiger partial charge in [0.05, 0.1) is 0 Å². The number of Topliss-reactive ketones (excluding diaryl/α,β-unsaturated/α-hetero) is 2. The van der Waals surface area contributed by atoms with Gasteiger partial charge in [0.25, 0.3) is 0 Å². The largest absolute Gasteiger partial charge is 0.315 e. The van der Waals surface area contributed by atoms with Gasteiger partial charge in [0.2, 0.25) is 0 Å². The molecule has 0 aromatic heterocycles. The molecule has 8 heteroatoms. The zero-order valence-corrected chi connectivity index (χ0v) is 21.5. The number of hydrogen-bond acceptors (Lipinski definition) is 6. The number of halogens is 2. The second kappa shape index (κ2) is 15.2. The van der Waals surface area contributed by atoms with Crippen molar-refractivity contribution in [2.75, 3.05) is 37.7 Å². The summed E-state index contributed by atoms with van der Waals surface area (Å²) in [5.74, 6) is 2.33. The lowest BCUT2D eigenvalue weighted by Gasteiger charge is -2.06. The fourth-order valence-electron chi connectivity index (χ4n) is 2.56. The third-order valence-corrected chi connectivity index (χ3v) is 7.66. The maximum atomic E-state index is 12.1. The fraction of sp³-hybridized carbons (Fsp3) is 0.364. The summed E-state index contributed by atoms with van der Waals surface area (Å²) in [7, 11) is 3.65. The second-order valence-corrected chi connectivity index (χ2v) is 11.0. The Labute approximate surface area is 203 Å². The summed E-state index contributed by atoms with van der Waals surface area (Å²) in [6.45, 7) is 3.18. The Morgan fingerprint density at radius 3 is 1.37 bits per heavy atom. The van der Waals surface area contributed by atoms with Gasteiger partial charge in [0.1, 0.15) is 0 Å². The van der Waals surface area contributed by atoms with Gasteiger partial charge in [0.15, 0.2) is 11.6 Å². The van der Waals surface area contributed by atoms with E-state index >= 15 is 0 Å². The second-order valence-electron chi connectivity index (χ2n) is 6.50. The van der Waals surface area contributed by atoms with Gasteiger partial charge in [-0.25, -0.2) is 0 Å². The van der Waals surface area contributed by atoms with Crippen LogP contribution >= 0.6 is 53.4 Å². The van der Waals surface area contributed by atoms with Crippen molar-refractivity contribution < 1.29 is 9.59 Å². The first kappa shape index (κ1) is 25.6. The molecule has 0 amide bonds. The van der Waals surface area contributed by atoms with Crippen LogP contribution in [0.2, 0.25) is 0 Å². The van der Waals surface area contributed by atoms with E-state index in [1.807, 2.05) is 70.1 Å². The van der Waals surface area contributed by atoms with E-state index in [1.54, 1.807) is 0 Å². The summed E-state index contributed by atoms with van der Waals surface area (Å²) in [6, 6.07) is 15.0. The minimum Gasteiger partial charge on any atom is -0.315 e. The van der Waals surface area contributed by atoms with Crippen molar-refractivity contribution in [1.29, 1.82) is 0 Å². The van der Waals surface area contributed by atoms with Gasteiger partial charge in [-0.15, -0.1) is 0 Å². The minimum absolute atomic E-state index is 0.168. The van der Waals surface area contributed by atoms with Gasteiger partial charge in [-0.1, -0.05) is 77.7 Å². The maximum Gasteiger partial charge on any atom is 0.164 e. The number of benzene rings is 2. The molecule has 2 rings (SSSR count). The van der Waals surface area contributed by atoms with Gasteiger partial charge >= 0.3 is 0 Å². The Morgan fingerprint density at radius 2 is 1.00 bits per heavy atom. The van der Waals surface area contributed by atoms with Crippen LogP contribution in [0.15, 0.2) is 57.5 Å². The smallest absolute Gasteiger partial charge is 0.164 e. The van der Waals surface area contributed by atoms with Crippen LogP contribution in [0.1, 0.15) is 33.6 Å². The van der Waals surface area contributed by atoms with Crippen molar-refractivity contribution in [2.45, 2.75) is 12.8 Å². The fourth-order valence-corrected chi connectivity index (χ4v) is 4.99. The van der Waals surface area contributed by atoms with Gasteiger partial charge in [-0.2, -0.15) is 0 Å². The van der Waals surface area contributed by atoms with Crippen LogP contribution in [0.5, 0.6) is 0 Å². The molecule has 0 fully saturated rings. The Morgan fingerprint density at radius 1 is 0.633 bits per heavy atom. The predicted octanol–water partition coefficient (Wildman–Crippen LogP) is 5.62. The van der Waals surface area contributed by atoms with Crippen molar-refractivity contribution in [3.8, 4) is 0 Å². The van der Waals surface area contributed by atoms with Crippen molar-refractivity contribution in [1.82, 2.24) is 10.6 Å². The first-order valence-electron chi connectivity index (χ1n) is 9.79. The number of ketones is 2. The number of nitrogens with one attached hydrogen (secondary N) is 2. The van der Waals surface area contributed by atoms with E-state index in [0.29, 0.717) is 25.9 Å². The first-order chi connectivity index (χ1) is 14.6. The average Bonchev–Trinajstić information content (AvgIpc) is 2.75. The van der Waals surface area contributed by atoms with E-state index in [9.17, 15) is 9.59 Å². The number of rotatable bonds is 15. The topological polar surface area (TPSA) is 58.2 Å². The molecule has 0 aliphatic carbocycles. The molecule has 2 aromatic carbocycles. The monoisotopic (exact) mass is 572 g/mol. The van der Waals surface area contributed by atoms with Crippen LogP contribution in [-0.2, 0) is 0 Å². The normalized spacial score (nSPS) is 10.9. The lowest BCUT2D eigenvalue weighted by Crippen LogP contribution is -2.21. The van der Waals surface area contributed by atoms with Crippen molar-refractivity contribution >= 4 is 65.0 Å². The van der Waals surface area contributed by atoms with E-state index in [1.165, 1.54) is 0 Å². The lowest BCUT2D eigenvalue weighted by molar-refractivity contribution is 0.0974. The Kier molecular flexibility index (Phi) is 13.0. The predicted molar refractivity (Wildman–Crippen MR) is 137 cm³/mol. The zero-order chi connectivity index (χ0) is 21.6. The Bertz CT molecular complexity index is 719. The van der Waals surface area contributed by atoms with Gasteiger partial charge in [-0.05, 0) is 24.3 Å². The summed E-state index contributed by atoms with van der Waals surface area (Å²) in [5, 5.41) is 6.64. The molecular weight excluding hydrogens is 548 g/mol. The molecule has 0 unspecified atom stereocenters. The molecular formula is C22H26Br2N2O2S2. The SMILES string of the molecule is O=C(CCNCCSSCCNCCC(=O)c1ccc(Br)cc1)c1ccc(Br)cc1. The van der Waals surface area contributed by atoms with Gasteiger partial charge in [-0.3, -0.25) is 9.59 Å². The molecule has 0 saturated carbocycles. The highest BCUT2D eigenvalue weighted by Gasteiger charge is 2.06. The van der Waals surface area contributed by atoms with Crippen LogP contribution in [0.4, 0.5) is 0 Å². The van der Waals surface area contributed by atoms with E-state index in [0.717, 1.165) is 44.7 Å². The highest BCUT2D eigenvalue weighted by molar-refractivity contribution is 9.10. The summed E-state index contributed by atoms with van der Waals surface area (Å²) < 4.78 is 1.97. The van der Waals surface area contributed by atoms with Crippen LogP contribution in [0.3, 0.4) is 0 Å². The zero-order valence-electron chi connectivity index (χ0n) is 16.7. The third-order valence-electron chi connectivity index (χ3n) is 4.20. The third kappa shape index (κ3) is 10.6. The molecule has 0 aliphatic rings. The van der Waals surface area contributed by atoms with Gasteiger partial charge < -0.3 is 10.6 Å². The minimum atomic E-state index is 0.168. The molecule has 162 valence electrons. The first-order valence-corrected chi connectivity index (χ1v) is 13.9. The van der Waals surface area contributed by atoms with Crippen molar-refractivity contribution in [3.05, 3.63) is 68.6 Å². The molecule has 0 atom stereocenters. The number of hydrogen-bond donors (Lipinski definition) is 2. The van der Waals surface area contributed by atoms with Crippen LogP contribution in [0.25, 0.3) is 0 Å². The van der Waals surface area contributed by atoms with Crippen LogP contribution < -0.4 is 10.6 Å². The molecule has 0 bridgehead atoms. The average molecular weight is 574 g/mol. The summed E-state index contributed by atoms with van der Waals surface area (Å²) in [6.07, 6.45) is 1.03. The highest BCUT2D eigenvalue weighted by atomic mass is 79.9. The highest BCUT2D eigenvalue weighted by Crippen LogP contribution is 2.19. The summed E-state index contributed by atoms with van der Waals surface area (Å²) in [4.78, 5) is 24.1. The van der Waals surface area contributed by atoms with Crippen LogP contribution in [0, 0.1) is 0 Å². The Hall–Kier alpha value is -0.640. The van der Waals surface area contributed by atoms with Crippen molar-refractivity contribution in [2.24, 2.45) is 0 Å². The van der Waals surface area contributed by atoms with E-state index in [-0.39, 0.29) is 11.6 Å². The quantitative estimate of drug-likeness (QED) is 0.164. The maximum absolute atomic E-state index is 12.1. The molecule has 0 aliphatic heterocycles. The number of carbonyl (C=O) groups is 2. The molecule has 0 saturated heterocycles. The number of carbonyl (C=O) groups excluding carboxylic acids is 2. The van der Waals surface area contributed by atoms with Gasteiger partial charge in [0, 0.05) is 70.6 Å². The lowest BCUT2D eigenvalue weighted by atomic mass is 10.1. The molecule has 4 nitrogen and oxygen atoms in total. The molecule has 30 heavy (non-hydrogen) atoms. The summed E-state index contributed by atoms with van der Waals surface area (Å²) in [5.41, 5.74) is 1.52. The van der Waals surface area contributed by atoms with E-state index in [4.69, 9.17) is 0 Å². The molecule has 0 radical (unpaired) electrons. The molecule has 2 aromatic rings. The summed E-state index contributed by atoms with van der Waals surface area (Å²) >= 11 is 6.75. The standard InChI is InChI=1S/C22H26Br2N2O2S2/c23-19-5-1-17(2-6-19)21(27)9-11-25-13-15-29-30-16-14-26-12-10-22(28)18-3-7-20(24)8-4-18/h1-8,25-26H,9-16H2.